The number of esters is 1. The first-order valence-corrected chi connectivity index (χ1v) is 6.70. The third-order valence-corrected chi connectivity index (χ3v) is 2.70. The Morgan fingerprint density at radius 2 is 1.89 bits per heavy atom. The van der Waals surface area contributed by atoms with Crippen molar-refractivity contribution in [3.8, 4) is 5.75 Å². The van der Waals surface area contributed by atoms with Crippen molar-refractivity contribution >= 4 is 11.9 Å². The van der Waals surface area contributed by atoms with Crippen molar-refractivity contribution < 1.29 is 14.3 Å². The molecule has 1 N–H and O–H groups in total. The normalized spacial score (nSPS) is 10.0. The van der Waals surface area contributed by atoms with Gasteiger partial charge in [-0.05, 0) is 18.6 Å². The summed E-state index contributed by atoms with van der Waals surface area (Å²) in [7, 11) is 0. The van der Waals surface area contributed by atoms with Gasteiger partial charge in [-0.15, -0.1) is 0 Å². The number of unbranched alkanes of at least 4 members (excludes halogenated alkanes) is 3. The Bertz CT molecular complexity index is 429. The van der Waals surface area contributed by atoms with Crippen LogP contribution in [0.5, 0.6) is 5.75 Å². The lowest BCUT2D eigenvalue weighted by Crippen LogP contribution is -2.25. The molecule has 0 bridgehead atoms. The SMILES string of the molecule is CCCCCCNC(=O)c1ccccc1OC(C)=O. The van der Waals surface area contributed by atoms with Gasteiger partial charge < -0.3 is 10.1 Å². The molecule has 0 unspecified atom stereocenters. The second-order valence-corrected chi connectivity index (χ2v) is 4.41. The van der Waals surface area contributed by atoms with Crippen molar-refractivity contribution in [1.82, 2.24) is 5.32 Å². The second kappa shape index (κ2) is 8.29. The molecule has 4 heteroatoms. The van der Waals surface area contributed by atoms with Crippen LogP contribution in [0.15, 0.2) is 24.3 Å². The lowest BCUT2D eigenvalue weighted by atomic mass is 10.1. The van der Waals surface area contributed by atoms with E-state index in [0.717, 1.165) is 12.8 Å². The highest BCUT2D eigenvalue weighted by Crippen LogP contribution is 2.17. The predicted octanol–water partition coefficient (Wildman–Crippen LogP) is 2.92. The smallest absolute Gasteiger partial charge is 0.308 e. The zero-order valence-corrected chi connectivity index (χ0v) is 11.6. The monoisotopic (exact) mass is 263 g/mol. The Hall–Kier alpha value is -1.84. The molecule has 1 aromatic carbocycles. The van der Waals surface area contributed by atoms with Crippen LogP contribution in [-0.4, -0.2) is 18.4 Å². The summed E-state index contributed by atoms with van der Waals surface area (Å²) in [5, 5.41) is 2.84. The largest absolute Gasteiger partial charge is 0.426 e. The minimum atomic E-state index is -0.428. The average Bonchev–Trinajstić information content (AvgIpc) is 2.38. The summed E-state index contributed by atoms with van der Waals surface area (Å²) in [4.78, 5) is 22.9. The van der Waals surface area contributed by atoms with Crippen LogP contribution in [0.25, 0.3) is 0 Å². The molecule has 0 aliphatic heterocycles. The fraction of sp³-hybridized carbons (Fsp3) is 0.467. The van der Waals surface area contributed by atoms with Crippen LogP contribution in [-0.2, 0) is 4.79 Å². The fourth-order valence-electron chi connectivity index (χ4n) is 1.75. The zero-order chi connectivity index (χ0) is 14.1. The highest BCUT2D eigenvalue weighted by molar-refractivity contribution is 5.97. The van der Waals surface area contributed by atoms with Gasteiger partial charge in [0.25, 0.3) is 5.91 Å². The van der Waals surface area contributed by atoms with E-state index in [1.807, 2.05) is 0 Å². The molecule has 0 saturated heterocycles. The molecular weight excluding hydrogens is 242 g/mol. The number of carbonyl (C=O) groups excluding carboxylic acids is 2. The van der Waals surface area contributed by atoms with Gasteiger partial charge in [0.2, 0.25) is 0 Å². The quantitative estimate of drug-likeness (QED) is 0.467. The van der Waals surface area contributed by atoms with Crippen LogP contribution in [0, 0.1) is 0 Å². The van der Waals surface area contributed by atoms with Gasteiger partial charge in [-0.2, -0.15) is 0 Å². The van der Waals surface area contributed by atoms with E-state index < -0.39 is 5.97 Å². The van der Waals surface area contributed by atoms with E-state index in [-0.39, 0.29) is 5.91 Å². The minimum Gasteiger partial charge on any atom is -0.426 e. The van der Waals surface area contributed by atoms with Gasteiger partial charge in [0.05, 0.1) is 5.56 Å². The molecule has 19 heavy (non-hydrogen) atoms. The highest BCUT2D eigenvalue weighted by Gasteiger charge is 2.12. The highest BCUT2D eigenvalue weighted by atomic mass is 16.5. The second-order valence-electron chi connectivity index (χ2n) is 4.41. The molecule has 0 heterocycles. The van der Waals surface area contributed by atoms with E-state index in [1.54, 1.807) is 24.3 Å². The van der Waals surface area contributed by atoms with Gasteiger partial charge in [0, 0.05) is 13.5 Å². The molecule has 4 nitrogen and oxygen atoms in total. The maximum atomic E-state index is 12.0. The molecule has 1 rings (SSSR count). The Morgan fingerprint density at radius 3 is 2.58 bits per heavy atom. The number of amides is 1. The molecule has 1 amide bonds. The molecule has 0 aliphatic carbocycles. The summed E-state index contributed by atoms with van der Waals surface area (Å²) in [6.45, 7) is 4.11. The zero-order valence-electron chi connectivity index (χ0n) is 11.6. The van der Waals surface area contributed by atoms with Crippen LogP contribution in [0.3, 0.4) is 0 Å². The number of benzene rings is 1. The summed E-state index contributed by atoms with van der Waals surface area (Å²) in [6.07, 6.45) is 4.43. The van der Waals surface area contributed by atoms with Gasteiger partial charge in [-0.1, -0.05) is 38.3 Å². The summed E-state index contributed by atoms with van der Waals surface area (Å²) in [5.41, 5.74) is 0.396. The molecule has 0 saturated carbocycles. The molecular formula is C15H21NO3. The third-order valence-electron chi connectivity index (χ3n) is 2.70. The first-order chi connectivity index (χ1) is 9.15. The van der Waals surface area contributed by atoms with Gasteiger partial charge in [0.1, 0.15) is 5.75 Å². The Balaban J connectivity index is 2.54. The van der Waals surface area contributed by atoms with E-state index in [0.29, 0.717) is 17.9 Å². The first kappa shape index (κ1) is 15.2. The number of nitrogens with one attached hydrogen (secondary N) is 1. The van der Waals surface area contributed by atoms with Gasteiger partial charge in [-0.3, -0.25) is 9.59 Å². The van der Waals surface area contributed by atoms with E-state index in [4.69, 9.17) is 4.74 Å². The summed E-state index contributed by atoms with van der Waals surface area (Å²) < 4.78 is 5.01. The van der Waals surface area contributed by atoms with E-state index in [2.05, 4.69) is 12.2 Å². The van der Waals surface area contributed by atoms with Crippen molar-refractivity contribution in [2.45, 2.75) is 39.5 Å². The topological polar surface area (TPSA) is 55.4 Å². The van der Waals surface area contributed by atoms with E-state index >= 15 is 0 Å². The molecule has 104 valence electrons. The minimum absolute atomic E-state index is 0.201. The molecule has 0 aliphatic rings. The van der Waals surface area contributed by atoms with Crippen LogP contribution < -0.4 is 10.1 Å². The van der Waals surface area contributed by atoms with Crippen LogP contribution in [0.1, 0.15) is 49.9 Å². The molecule has 0 aromatic heterocycles. The molecule has 0 radical (unpaired) electrons. The number of rotatable bonds is 7. The third kappa shape index (κ3) is 5.55. The van der Waals surface area contributed by atoms with E-state index in [9.17, 15) is 9.59 Å². The fourth-order valence-corrected chi connectivity index (χ4v) is 1.75. The first-order valence-electron chi connectivity index (χ1n) is 6.70. The van der Waals surface area contributed by atoms with Crippen molar-refractivity contribution in [1.29, 1.82) is 0 Å². The number of para-hydroxylation sites is 1. The van der Waals surface area contributed by atoms with Crippen LogP contribution in [0.4, 0.5) is 0 Å². The van der Waals surface area contributed by atoms with Crippen molar-refractivity contribution in [3.63, 3.8) is 0 Å². The molecule has 0 atom stereocenters. The van der Waals surface area contributed by atoms with Crippen molar-refractivity contribution in [3.05, 3.63) is 29.8 Å². The molecule has 1 aromatic rings. The molecule has 0 spiro atoms. The Labute approximate surface area is 114 Å². The number of ether oxygens (including phenoxy) is 1. The van der Waals surface area contributed by atoms with Crippen molar-refractivity contribution in [2.75, 3.05) is 6.54 Å². The summed E-state index contributed by atoms with van der Waals surface area (Å²) in [5.74, 6) is -0.322. The average molecular weight is 263 g/mol. The van der Waals surface area contributed by atoms with Crippen LogP contribution in [0.2, 0.25) is 0 Å². The Kier molecular flexibility index (Phi) is 6.64. The van der Waals surface area contributed by atoms with Crippen LogP contribution >= 0.6 is 0 Å². The van der Waals surface area contributed by atoms with Gasteiger partial charge >= 0.3 is 5.97 Å². The maximum absolute atomic E-state index is 12.0. The number of carbonyl (C=O) groups is 2. The van der Waals surface area contributed by atoms with Crippen molar-refractivity contribution in [2.24, 2.45) is 0 Å². The number of hydrogen-bond donors (Lipinski definition) is 1. The van der Waals surface area contributed by atoms with Gasteiger partial charge in [-0.25, -0.2) is 0 Å². The lowest BCUT2D eigenvalue weighted by molar-refractivity contribution is -0.131. The van der Waals surface area contributed by atoms with E-state index in [1.165, 1.54) is 19.8 Å². The number of hydrogen-bond acceptors (Lipinski definition) is 3. The Morgan fingerprint density at radius 1 is 1.16 bits per heavy atom. The lowest BCUT2D eigenvalue weighted by Gasteiger charge is -2.09. The summed E-state index contributed by atoms with van der Waals surface area (Å²) >= 11 is 0. The van der Waals surface area contributed by atoms with Gasteiger partial charge in [0.15, 0.2) is 0 Å². The maximum Gasteiger partial charge on any atom is 0.308 e. The summed E-state index contributed by atoms with van der Waals surface area (Å²) in [6, 6.07) is 6.75. The predicted molar refractivity (Wildman–Crippen MR) is 74.2 cm³/mol. The standard InChI is InChI=1S/C15H21NO3/c1-3-4-5-8-11-16-15(18)13-9-6-7-10-14(13)19-12(2)17/h6-7,9-10H,3-5,8,11H2,1-2H3,(H,16,18). The molecule has 0 fully saturated rings.